The molecule has 1 aliphatic heterocycles. The summed E-state index contributed by atoms with van der Waals surface area (Å²) in [5, 5.41) is 3.07. The quantitative estimate of drug-likeness (QED) is 0.843. The molecule has 6 heteroatoms. The van der Waals surface area contributed by atoms with Crippen molar-refractivity contribution in [3.05, 3.63) is 33.8 Å². The van der Waals surface area contributed by atoms with Crippen molar-refractivity contribution in [2.45, 2.75) is 12.1 Å². The first-order valence-corrected chi connectivity index (χ1v) is 8.09. The summed E-state index contributed by atoms with van der Waals surface area (Å²) in [7, 11) is 3.75. The van der Waals surface area contributed by atoms with Gasteiger partial charge in [0.2, 0.25) is 0 Å². The van der Waals surface area contributed by atoms with Crippen molar-refractivity contribution in [3.63, 3.8) is 0 Å². The van der Waals surface area contributed by atoms with Crippen LogP contribution in [0.5, 0.6) is 0 Å². The number of rotatable bonds is 3. The van der Waals surface area contributed by atoms with Crippen molar-refractivity contribution < 1.29 is 8.78 Å². The van der Waals surface area contributed by atoms with Gasteiger partial charge in [0, 0.05) is 29.7 Å². The van der Waals surface area contributed by atoms with Crippen molar-refractivity contribution in [1.82, 2.24) is 10.2 Å². The van der Waals surface area contributed by atoms with Crippen LogP contribution in [0.25, 0.3) is 0 Å². The standard InChI is InChI=1S/C13H17BrF2N2S/c1-17-13(10-7-19-6-5-18(10)2)11-9(15)4-3-8(14)12(11)16/h3-4,10,13,17H,5-7H2,1-2H3. The van der Waals surface area contributed by atoms with E-state index in [1.54, 1.807) is 7.05 Å². The fourth-order valence-electron chi connectivity index (χ4n) is 2.41. The Labute approximate surface area is 125 Å². The molecule has 0 radical (unpaired) electrons. The third-order valence-electron chi connectivity index (χ3n) is 3.53. The zero-order chi connectivity index (χ0) is 14.0. The van der Waals surface area contributed by atoms with Crippen LogP contribution in [-0.2, 0) is 0 Å². The Morgan fingerprint density at radius 1 is 1.47 bits per heavy atom. The van der Waals surface area contributed by atoms with Gasteiger partial charge in [-0.05, 0) is 42.2 Å². The monoisotopic (exact) mass is 350 g/mol. The second-order valence-corrected chi connectivity index (χ2v) is 6.65. The molecule has 2 unspecified atom stereocenters. The third-order valence-corrected chi connectivity index (χ3v) is 5.19. The average Bonchev–Trinajstić information content (AvgIpc) is 2.40. The van der Waals surface area contributed by atoms with E-state index in [0.717, 1.165) is 18.1 Å². The number of nitrogens with one attached hydrogen (secondary N) is 1. The normalized spacial score (nSPS) is 22.5. The summed E-state index contributed by atoms with van der Waals surface area (Å²) in [5.74, 6) is 0.924. The van der Waals surface area contributed by atoms with Gasteiger partial charge in [0.1, 0.15) is 11.6 Å². The molecule has 0 amide bonds. The molecule has 1 heterocycles. The number of halogens is 3. The van der Waals surface area contributed by atoms with E-state index in [1.807, 2.05) is 18.8 Å². The molecule has 0 spiro atoms. The molecule has 19 heavy (non-hydrogen) atoms. The Hall–Kier alpha value is -0.170. The minimum absolute atomic E-state index is 0.0852. The first-order chi connectivity index (χ1) is 9.06. The van der Waals surface area contributed by atoms with Gasteiger partial charge in [-0.25, -0.2) is 8.78 Å². The van der Waals surface area contributed by atoms with Gasteiger partial charge >= 0.3 is 0 Å². The molecular weight excluding hydrogens is 334 g/mol. The molecule has 1 N–H and O–H groups in total. The molecule has 2 atom stereocenters. The highest BCUT2D eigenvalue weighted by atomic mass is 79.9. The summed E-state index contributed by atoms with van der Waals surface area (Å²) in [6, 6.07) is 2.44. The number of likely N-dealkylation sites (N-methyl/N-ethyl adjacent to an activating group) is 2. The maximum Gasteiger partial charge on any atom is 0.145 e. The van der Waals surface area contributed by atoms with Crippen LogP contribution < -0.4 is 5.32 Å². The molecule has 2 nitrogen and oxygen atoms in total. The van der Waals surface area contributed by atoms with Gasteiger partial charge in [-0.1, -0.05) is 0 Å². The lowest BCUT2D eigenvalue weighted by Crippen LogP contribution is -2.47. The van der Waals surface area contributed by atoms with E-state index in [0.29, 0.717) is 4.47 Å². The Kier molecular flexibility index (Phi) is 5.22. The average molecular weight is 351 g/mol. The molecule has 2 rings (SSSR count). The number of thioether (sulfide) groups is 1. The Balaban J connectivity index is 2.39. The number of hydrogen-bond donors (Lipinski definition) is 1. The first-order valence-electron chi connectivity index (χ1n) is 6.15. The van der Waals surface area contributed by atoms with Crippen LogP contribution in [0.2, 0.25) is 0 Å². The summed E-state index contributed by atoms with van der Waals surface area (Å²) in [5.41, 5.74) is 0.122. The summed E-state index contributed by atoms with van der Waals surface area (Å²) >= 11 is 4.95. The van der Waals surface area contributed by atoms with Crippen LogP contribution in [0.1, 0.15) is 11.6 Å². The van der Waals surface area contributed by atoms with Gasteiger partial charge in [0.15, 0.2) is 0 Å². The minimum Gasteiger partial charge on any atom is -0.311 e. The summed E-state index contributed by atoms with van der Waals surface area (Å²) in [4.78, 5) is 2.16. The van der Waals surface area contributed by atoms with Crippen LogP contribution >= 0.6 is 27.7 Å². The van der Waals surface area contributed by atoms with Gasteiger partial charge in [-0.15, -0.1) is 0 Å². The fourth-order valence-corrected chi connectivity index (χ4v) is 4.03. The summed E-state index contributed by atoms with van der Waals surface area (Å²) < 4.78 is 28.6. The van der Waals surface area contributed by atoms with Crippen LogP contribution in [0, 0.1) is 11.6 Å². The number of nitrogens with zero attached hydrogens (tertiary/aromatic N) is 1. The second kappa shape index (κ2) is 6.52. The van der Waals surface area contributed by atoms with E-state index in [4.69, 9.17) is 0 Å². The third kappa shape index (κ3) is 3.12. The predicted molar refractivity (Wildman–Crippen MR) is 79.6 cm³/mol. The van der Waals surface area contributed by atoms with Crippen molar-refractivity contribution in [1.29, 1.82) is 0 Å². The molecule has 0 aliphatic carbocycles. The lowest BCUT2D eigenvalue weighted by molar-refractivity contribution is 0.215. The van der Waals surface area contributed by atoms with Gasteiger partial charge in [-0.3, -0.25) is 4.90 Å². The van der Waals surface area contributed by atoms with E-state index >= 15 is 0 Å². The van der Waals surface area contributed by atoms with E-state index in [2.05, 4.69) is 26.1 Å². The van der Waals surface area contributed by atoms with Crippen molar-refractivity contribution in [3.8, 4) is 0 Å². The Bertz CT molecular complexity index is 459. The smallest absolute Gasteiger partial charge is 0.145 e. The fraction of sp³-hybridized carbons (Fsp3) is 0.538. The Morgan fingerprint density at radius 2 is 2.21 bits per heavy atom. The topological polar surface area (TPSA) is 15.3 Å². The molecule has 0 aromatic heterocycles. The molecule has 1 aromatic carbocycles. The summed E-state index contributed by atoms with van der Waals surface area (Å²) in [6.07, 6.45) is 0. The number of benzene rings is 1. The van der Waals surface area contributed by atoms with Crippen LogP contribution in [0.4, 0.5) is 8.78 Å². The molecule has 1 fully saturated rings. The van der Waals surface area contributed by atoms with Gasteiger partial charge in [0.25, 0.3) is 0 Å². The Morgan fingerprint density at radius 3 is 2.84 bits per heavy atom. The van der Waals surface area contributed by atoms with Crippen molar-refractivity contribution in [2.75, 3.05) is 32.1 Å². The van der Waals surface area contributed by atoms with Crippen LogP contribution in [0.3, 0.4) is 0 Å². The van der Waals surface area contributed by atoms with Gasteiger partial charge < -0.3 is 5.32 Å². The van der Waals surface area contributed by atoms with E-state index in [9.17, 15) is 8.78 Å². The molecule has 0 bridgehead atoms. The highest BCUT2D eigenvalue weighted by molar-refractivity contribution is 9.10. The highest BCUT2D eigenvalue weighted by Gasteiger charge is 2.32. The van der Waals surface area contributed by atoms with Gasteiger partial charge in [0.05, 0.1) is 10.5 Å². The molecular formula is C13H17BrF2N2S. The first kappa shape index (κ1) is 15.2. The molecule has 1 aliphatic rings. The van der Waals surface area contributed by atoms with Gasteiger partial charge in [-0.2, -0.15) is 11.8 Å². The zero-order valence-corrected chi connectivity index (χ0v) is 13.3. The molecule has 1 aromatic rings. The van der Waals surface area contributed by atoms with Crippen molar-refractivity contribution >= 4 is 27.7 Å². The van der Waals surface area contributed by atoms with E-state index in [-0.39, 0.29) is 17.6 Å². The maximum atomic E-state index is 14.2. The second-order valence-electron chi connectivity index (χ2n) is 4.65. The minimum atomic E-state index is -0.511. The maximum absolute atomic E-state index is 14.2. The predicted octanol–water partition coefficient (Wildman–Crippen LogP) is 3.04. The van der Waals surface area contributed by atoms with Crippen LogP contribution in [0.15, 0.2) is 16.6 Å². The largest absolute Gasteiger partial charge is 0.311 e. The van der Waals surface area contributed by atoms with Crippen LogP contribution in [-0.4, -0.2) is 43.1 Å². The van der Waals surface area contributed by atoms with E-state index in [1.165, 1.54) is 12.1 Å². The highest BCUT2D eigenvalue weighted by Crippen LogP contribution is 2.32. The molecule has 106 valence electrons. The summed E-state index contributed by atoms with van der Waals surface area (Å²) in [6.45, 7) is 0.935. The lowest BCUT2D eigenvalue weighted by Gasteiger charge is -2.38. The lowest BCUT2D eigenvalue weighted by atomic mass is 9.98. The zero-order valence-electron chi connectivity index (χ0n) is 10.9. The molecule has 1 saturated heterocycles. The molecule has 0 saturated carbocycles. The number of hydrogen-bond acceptors (Lipinski definition) is 3. The van der Waals surface area contributed by atoms with Crippen molar-refractivity contribution in [2.24, 2.45) is 0 Å². The van der Waals surface area contributed by atoms with E-state index < -0.39 is 11.6 Å². The SMILES string of the molecule is CNC(c1c(F)ccc(Br)c1F)C1CSCCN1C.